The number of hydrogen-bond donors (Lipinski definition) is 9. The van der Waals surface area contributed by atoms with Crippen molar-refractivity contribution in [2.45, 2.75) is 146 Å². The van der Waals surface area contributed by atoms with E-state index in [1.165, 1.54) is 46.0 Å². The molecule has 10 N–H and O–H groups in total. The molecule has 370 valence electrons. The summed E-state index contributed by atoms with van der Waals surface area (Å²) in [7, 11) is 0. The Bertz CT molecular complexity index is 2000. The number of aliphatic hydroxyl groups is 1. The Morgan fingerprint density at radius 2 is 1.24 bits per heavy atom. The molecule has 1 aromatic rings. The quantitative estimate of drug-likeness (QED) is 0.0612. The number of likely N-dealkylation sites (tertiary alicyclic amines) is 4. The number of rotatable bonds is 20. The molecule has 4 fully saturated rings. The largest absolute Gasteiger partial charge is 0.480 e. The number of aromatic nitrogens is 2. The number of nitrogens with two attached hydrogens (primary N) is 1. The van der Waals surface area contributed by atoms with Crippen molar-refractivity contribution >= 4 is 59.1 Å². The Balaban J connectivity index is 1.13. The van der Waals surface area contributed by atoms with E-state index in [1.54, 1.807) is 6.92 Å². The zero-order chi connectivity index (χ0) is 49.1. The standard InChI is InChI=1S/C43H66N12O12/c1-5-23(2)34(39(62)46-20-33(57)52-14-6-10-29(52)36(59)49-27(43(66)67)18-26-19-45-22-47-26)51-38(61)31-12-7-15-53(31)41(64)25(4)48-35(58)28(21-56)50-37(60)30-11-8-16-54(30)42(65)32-13-9-17-55(32)40(63)24(3)44/h19,22-25,27-32,34,56H,5-18,20-21,44H2,1-4H3,(H,45,47)(H,46,62)(H,48,58)(H,49,59)(H,50,60)(H,51,61)(H,66,67)/t23-,24-,25-,27-,28-,29-,30-,31-,32-,34-/m0/s1. The molecule has 0 aliphatic carbocycles. The van der Waals surface area contributed by atoms with E-state index in [-0.39, 0.29) is 44.8 Å². The molecule has 5 rings (SSSR count). The summed E-state index contributed by atoms with van der Waals surface area (Å²) in [6, 6.07) is -9.59. The first-order valence-corrected chi connectivity index (χ1v) is 23.1. The van der Waals surface area contributed by atoms with Crippen LogP contribution in [0.5, 0.6) is 0 Å². The van der Waals surface area contributed by atoms with Gasteiger partial charge >= 0.3 is 5.97 Å². The van der Waals surface area contributed by atoms with Crippen molar-refractivity contribution in [3.8, 4) is 0 Å². The van der Waals surface area contributed by atoms with E-state index in [2.05, 4.69) is 36.6 Å². The summed E-state index contributed by atoms with van der Waals surface area (Å²) < 4.78 is 0. The van der Waals surface area contributed by atoms with Crippen LogP contribution >= 0.6 is 0 Å². The van der Waals surface area contributed by atoms with E-state index in [0.29, 0.717) is 57.2 Å². The summed E-state index contributed by atoms with van der Waals surface area (Å²) in [6.07, 6.45) is 6.49. The van der Waals surface area contributed by atoms with Crippen LogP contribution in [0.3, 0.4) is 0 Å². The van der Waals surface area contributed by atoms with Gasteiger partial charge in [0, 0.05) is 44.5 Å². The molecular formula is C43H66N12O12. The lowest BCUT2D eigenvalue weighted by atomic mass is 9.97. The third kappa shape index (κ3) is 12.6. The average Bonchev–Trinajstić information content (AvgIpc) is 4.17. The Morgan fingerprint density at radius 1 is 0.716 bits per heavy atom. The Hall–Kier alpha value is -6.17. The van der Waals surface area contributed by atoms with Crippen LogP contribution in [0, 0.1) is 5.92 Å². The Morgan fingerprint density at radius 3 is 1.79 bits per heavy atom. The number of amides is 9. The molecule has 9 amide bonds. The summed E-state index contributed by atoms with van der Waals surface area (Å²) in [6.45, 7) is 6.14. The van der Waals surface area contributed by atoms with Gasteiger partial charge in [0.05, 0.1) is 25.5 Å². The molecule has 1 aromatic heterocycles. The molecule has 10 atom stereocenters. The Kier molecular flexibility index (Phi) is 18.2. The lowest BCUT2D eigenvalue weighted by Crippen LogP contribution is -2.60. The maximum absolute atomic E-state index is 13.8. The molecule has 0 saturated carbocycles. The molecule has 0 spiro atoms. The predicted octanol–water partition coefficient (Wildman–Crippen LogP) is -3.54. The van der Waals surface area contributed by atoms with Crippen molar-refractivity contribution in [3.05, 3.63) is 18.2 Å². The zero-order valence-electron chi connectivity index (χ0n) is 38.5. The second-order valence-electron chi connectivity index (χ2n) is 17.8. The van der Waals surface area contributed by atoms with E-state index in [4.69, 9.17) is 5.73 Å². The van der Waals surface area contributed by atoms with Crippen LogP contribution in [0.25, 0.3) is 0 Å². The lowest BCUT2D eigenvalue weighted by molar-refractivity contribution is -0.147. The first-order valence-electron chi connectivity index (χ1n) is 23.1. The number of carbonyl (C=O) groups excluding carboxylic acids is 9. The minimum absolute atomic E-state index is 0.0522. The van der Waals surface area contributed by atoms with Gasteiger partial charge in [-0.3, -0.25) is 43.2 Å². The van der Waals surface area contributed by atoms with E-state index < -0.39 is 127 Å². The maximum Gasteiger partial charge on any atom is 0.326 e. The van der Waals surface area contributed by atoms with Crippen molar-refractivity contribution in [3.63, 3.8) is 0 Å². The molecule has 4 saturated heterocycles. The van der Waals surface area contributed by atoms with E-state index in [0.717, 1.165) is 0 Å². The number of nitrogens with zero attached hydrogens (tertiary/aromatic N) is 5. The smallest absolute Gasteiger partial charge is 0.326 e. The highest BCUT2D eigenvalue weighted by Gasteiger charge is 2.44. The van der Waals surface area contributed by atoms with Crippen molar-refractivity contribution in [2.75, 3.05) is 39.3 Å². The molecule has 0 aromatic carbocycles. The van der Waals surface area contributed by atoms with E-state index in [9.17, 15) is 58.2 Å². The van der Waals surface area contributed by atoms with E-state index in [1.807, 2.05) is 6.92 Å². The molecule has 24 heteroatoms. The van der Waals surface area contributed by atoms with Gasteiger partial charge in [0.25, 0.3) is 0 Å². The number of carboxylic acid groups (broad SMARTS) is 1. The second kappa shape index (κ2) is 23.5. The highest BCUT2D eigenvalue weighted by molar-refractivity contribution is 5.98. The molecule has 4 aliphatic heterocycles. The van der Waals surface area contributed by atoms with Gasteiger partial charge in [0.2, 0.25) is 53.2 Å². The second-order valence-corrected chi connectivity index (χ2v) is 17.8. The van der Waals surface area contributed by atoms with Gasteiger partial charge in [0.1, 0.15) is 48.3 Å². The van der Waals surface area contributed by atoms with Crippen LogP contribution < -0.4 is 32.3 Å². The fraction of sp³-hybridized carbons (Fsp3) is 0.698. The molecule has 4 aliphatic rings. The number of H-pyrrole nitrogens is 1. The molecule has 5 heterocycles. The van der Waals surface area contributed by atoms with Crippen molar-refractivity contribution < 1.29 is 58.2 Å². The number of carboxylic acids is 1. The minimum Gasteiger partial charge on any atom is -0.480 e. The fourth-order valence-corrected chi connectivity index (χ4v) is 9.18. The molecule has 0 bridgehead atoms. The van der Waals surface area contributed by atoms with Gasteiger partial charge in [-0.2, -0.15) is 0 Å². The summed E-state index contributed by atoms with van der Waals surface area (Å²) in [4.78, 5) is 145. The first-order chi connectivity index (χ1) is 31.9. The van der Waals surface area contributed by atoms with Crippen LogP contribution in [0.2, 0.25) is 0 Å². The van der Waals surface area contributed by atoms with Crippen LogP contribution in [0.1, 0.15) is 91.2 Å². The highest BCUT2D eigenvalue weighted by atomic mass is 16.4. The normalized spacial score (nSPS) is 23.1. The SMILES string of the molecule is CC[C@H](C)[C@H](NC(=O)[C@@H]1CCCN1C(=O)[C@H](C)NC(=O)[C@H](CO)NC(=O)[C@@H]1CCCN1C(=O)[C@@H]1CCCN1C(=O)[C@H](C)N)C(=O)NCC(=O)N1CCC[C@H]1C(=O)N[C@@H](Cc1cnc[nH]1)C(=O)O. The van der Waals surface area contributed by atoms with Crippen LogP contribution in [-0.2, 0) is 54.4 Å². The maximum atomic E-state index is 13.8. The van der Waals surface area contributed by atoms with Crippen LogP contribution in [0.4, 0.5) is 0 Å². The molecule has 67 heavy (non-hydrogen) atoms. The topological polar surface area (TPSA) is 339 Å². The predicted molar refractivity (Wildman–Crippen MR) is 235 cm³/mol. The van der Waals surface area contributed by atoms with Gasteiger partial charge in [-0.15, -0.1) is 0 Å². The third-order valence-electron chi connectivity index (χ3n) is 13.1. The van der Waals surface area contributed by atoms with E-state index >= 15 is 0 Å². The van der Waals surface area contributed by atoms with Crippen LogP contribution in [-0.4, -0.2) is 193 Å². The number of aliphatic hydroxyl groups excluding tert-OH is 1. The third-order valence-corrected chi connectivity index (χ3v) is 13.1. The summed E-state index contributed by atoms with van der Waals surface area (Å²) in [5.41, 5.74) is 6.29. The molecular weight excluding hydrogens is 877 g/mol. The number of nitrogens with one attached hydrogen (secondary N) is 6. The molecule has 24 nitrogen and oxygen atoms in total. The van der Waals surface area contributed by atoms with Gasteiger partial charge in [-0.05, 0) is 71.1 Å². The van der Waals surface area contributed by atoms with Crippen molar-refractivity contribution in [1.82, 2.24) is 56.2 Å². The van der Waals surface area contributed by atoms with Crippen molar-refractivity contribution in [2.24, 2.45) is 11.7 Å². The number of imidazole rings is 1. The van der Waals surface area contributed by atoms with Gasteiger partial charge < -0.3 is 67.1 Å². The zero-order valence-corrected chi connectivity index (χ0v) is 38.5. The molecule has 0 unspecified atom stereocenters. The fourth-order valence-electron chi connectivity index (χ4n) is 9.18. The number of carbonyl (C=O) groups is 10. The minimum atomic E-state index is -1.49. The van der Waals surface area contributed by atoms with Gasteiger partial charge in [-0.25, -0.2) is 9.78 Å². The van der Waals surface area contributed by atoms with Crippen molar-refractivity contribution in [1.29, 1.82) is 0 Å². The van der Waals surface area contributed by atoms with Gasteiger partial charge in [0.15, 0.2) is 0 Å². The summed E-state index contributed by atoms with van der Waals surface area (Å²) in [5, 5.41) is 32.7. The monoisotopic (exact) mass is 942 g/mol. The summed E-state index contributed by atoms with van der Waals surface area (Å²) >= 11 is 0. The number of aromatic amines is 1. The highest BCUT2D eigenvalue weighted by Crippen LogP contribution is 2.26. The Labute approximate surface area is 388 Å². The van der Waals surface area contributed by atoms with Crippen LogP contribution in [0.15, 0.2) is 12.5 Å². The first kappa shape index (κ1) is 51.8. The van der Waals surface area contributed by atoms with Gasteiger partial charge in [-0.1, -0.05) is 20.3 Å². The summed E-state index contributed by atoms with van der Waals surface area (Å²) in [5.74, 6) is -7.15. The number of aliphatic carboxylic acids is 1. The molecule has 0 radical (unpaired) electrons. The average molecular weight is 943 g/mol. The number of hydrogen-bond acceptors (Lipinski definition) is 13. The lowest BCUT2D eigenvalue weighted by Gasteiger charge is -2.32.